The molecule has 1 aromatic carbocycles. The minimum absolute atomic E-state index is 0.166. The Morgan fingerprint density at radius 1 is 1.27 bits per heavy atom. The Labute approximate surface area is 98.8 Å². The maximum absolute atomic E-state index is 11.6. The van der Waals surface area contributed by atoms with Gasteiger partial charge in [0.25, 0.3) is 0 Å². The van der Waals surface area contributed by atoms with E-state index in [1.165, 1.54) is 0 Å². The summed E-state index contributed by atoms with van der Waals surface area (Å²) in [6, 6.07) is 5.32. The molecule has 2 nitrogen and oxygen atoms in total. The topological polar surface area (TPSA) is 20.3 Å². The lowest BCUT2D eigenvalue weighted by Crippen LogP contribution is -2.42. The summed E-state index contributed by atoms with van der Waals surface area (Å²) in [5.74, 6) is 0.166. The van der Waals surface area contributed by atoms with E-state index < -0.39 is 0 Å². The normalized spacial score (nSPS) is 14.9. The highest BCUT2D eigenvalue weighted by atomic mass is 35.5. The number of benzene rings is 1. The molecule has 0 unspecified atom stereocenters. The molecule has 0 aliphatic carbocycles. The summed E-state index contributed by atoms with van der Waals surface area (Å²) >= 11 is 11.7. The van der Waals surface area contributed by atoms with E-state index >= 15 is 0 Å². The third-order valence-electron chi connectivity index (χ3n) is 2.55. The van der Waals surface area contributed by atoms with Crippen LogP contribution in [0, 0.1) is 0 Å². The molecule has 0 bridgehead atoms. The zero-order valence-corrected chi connectivity index (χ0v) is 9.68. The predicted molar refractivity (Wildman–Crippen MR) is 61.4 cm³/mol. The smallest absolute Gasteiger partial charge is 0.226 e. The molecule has 80 valence electrons. The van der Waals surface area contributed by atoms with Crippen molar-refractivity contribution in [1.82, 2.24) is 4.90 Å². The summed E-state index contributed by atoms with van der Waals surface area (Å²) in [4.78, 5) is 13.5. The van der Waals surface area contributed by atoms with Crippen LogP contribution in [0.5, 0.6) is 0 Å². The van der Waals surface area contributed by atoms with Crippen molar-refractivity contribution in [3.63, 3.8) is 0 Å². The first-order chi connectivity index (χ1) is 7.16. The lowest BCUT2D eigenvalue weighted by molar-refractivity contribution is -0.133. The van der Waals surface area contributed by atoms with Crippen LogP contribution < -0.4 is 0 Å². The van der Waals surface area contributed by atoms with E-state index in [0.717, 1.165) is 25.1 Å². The van der Waals surface area contributed by atoms with Gasteiger partial charge in [-0.15, -0.1) is 0 Å². The Morgan fingerprint density at radius 3 is 2.53 bits per heavy atom. The highest BCUT2D eigenvalue weighted by Crippen LogP contribution is 2.23. The molecule has 1 aliphatic rings. The van der Waals surface area contributed by atoms with E-state index in [4.69, 9.17) is 23.2 Å². The molecule has 1 aliphatic heterocycles. The molecule has 0 spiro atoms. The summed E-state index contributed by atoms with van der Waals surface area (Å²) in [6.07, 6.45) is 1.53. The van der Waals surface area contributed by atoms with Gasteiger partial charge in [-0.1, -0.05) is 29.3 Å². The third kappa shape index (κ3) is 2.44. The first-order valence-electron chi connectivity index (χ1n) is 4.88. The number of nitrogens with zero attached hydrogens (tertiary/aromatic N) is 1. The minimum atomic E-state index is 0.166. The van der Waals surface area contributed by atoms with Crippen molar-refractivity contribution < 1.29 is 4.79 Å². The van der Waals surface area contributed by atoms with Crippen LogP contribution in [0.3, 0.4) is 0 Å². The molecule has 1 aromatic rings. The number of likely N-dealkylation sites (tertiary alicyclic amines) is 1. The van der Waals surface area contributed by atoms with Crippen molar-refractivity contribution in [1.29, 1.82) is 0 Å². The van der Waals surface area contributed by atoms with Crippen molar-refractivity contribution in [2.75, 3.05) is 13.1 Å². The SMILES string of the molecule is O=C(Cc1ccc(Cl)c(Cl)c1)N1CCC1. The molecule has 1 fully saturated rings. The zero-order valence-electron chi connectivity index (χ0n) is 8.17. The van der Waals surface area contributed by atoms with Crippen LogP contribution in [-0.4, -0.2) is 23.9 Å². The van der Waals surface area contributed by atoms with Gasteiger partial charge in [-0.05, 0) is 24.1 Å². The summed E-state index contributed by atoms with van der Waals surface area (Å²) in [5.41, 5.74) is 0.918. The summed E-state index contributed by atoms with van der Waals surface area (Å²) in [7, 11) is 0. The number of rotatable bonds is 2. The van der Waals surface area contributed by atoms with E-state index in [1.54, 1.807) is 12.1 Å². The Balaban J connectivity index is 2.03. The third-order valence-corrected chi connectivity index (χ3v) is 3.29. The molecule has 1 heterocycles. The van der Waals surface area contributed by atoms with Gasteiger partial charge in [0.1, 0.15) is 0 Å². The zero-order chi connectivity index (χ0) is 10.8. The lowest BCUT2D eigenvalue weighted by atomic mass is 10.1. The number of amides is 1. The average molecular weight is 244 g/mol. The fourth-order valence-corrected chi connectivity index (χ4v) is 1.82. The van der Waals surface area contributed by atoms with E-state index in [1.807, 2.05) is 11.0 Å². The molecule has 1 amide bonds. The van der Waals surface area contributed by atoms with Gasteiger partial charge in [-0.3, -0.25) is 4.79 Å². The van der Waals surface area contributed by atoms with Crippen LogP contribution >= 0.6 is 23.2 Å². The Hall–Kier alpha value is -0.730. The van der Waals surface area contributed by atoms with Crippen LogP contribution in [0.4, 0.5) is 0 Å². The predicted octanol–water partition coefficient (Wildman–Crippen LogP) is 2.77. The van der Waals surface area contributed by atoms with Crippen molar-refractivity contribution in [2.45, 2.75) is 12.8 Å². The second kappa shape index (κ2) is 4.42. The Bertz CT molecular complexity index is 388. The van der Waals surface area contributed by atoms with Gasteiger partial charge in [0.15, 0.2) is 0 Å². The van der Waals surface area contributed by atoms with Crippen molar-refractivity contribution in [3.8, 4) is 0 Å². The van der Waals surface area contributed by atoms with Gasteiger partial charge in [-0.25, -0.2) is 0 Å². The molecule has 0 N–H and O–H groups in total. The monoisotopic (exact) mass is 243 g/mol. The van der Waals surface area contributed by atoms with E-state index in [9.17, 15) is 4.79 Å². The number of hydrogen-bond donors (Lipinski definition) is 0. The number of carbonyl (C=O) groups excluding carboxylic acids is 1. The van der Waals surface area contributed by atoms with Crippen LogP contribution in [0.25, 0.3) is 0 Å². The Morgan fingerprint density at radius 2 is 2.00 bits per heavy atom. The maximum atomic E-state index is 11.6. The molecule has 15 heavy (non-hydrogen) atoms. The molecule has 4 heteroatoms. The molecular weight excluding hydrogens is 233 g/mol. The van der Waals surface area contributed by atoms with Gasteiger partial charge in [0.05, 0.1) is 16.5 Å². The van der Waals surface area contributed by atoms with E-state index in [0.29, 0.717) is 16.5 Å². The highest BCUT2D eigenvalue weighted by molar-refractivity contribution is 6.42. The maximum Gasteiger partial charge on any atom is 0.226 e. The standard InChI is InChI=1S/C11H11Cl2NO/c12-9-3-2-8(6-10(9)13)7-11(15)14-4-1-5-14/h2-3,6H,1,4-5,7H2. The lowest BCUT2D eigenvalue weighted by Gasteiger charge is -2.30. The van der Waals surface area contributed by atoms with Gasteiger partial charge < -0.3 is 4.90 Å². The van der Waals surface area contributed by atoms with Gasteiger partial charge in [-0.2, -0.15) is 0 Å². The Kier molecular flexibility index (Phi) is 3.17. The number of carbonyl (C=O) groups is 1. The second-order valence-electron chi connectivity index (χ2n) is 3.66. The average Bonchev–Trinajstić information content (AvgIpc) is 2.08. The molecule has 2 rings (SSSR count). The fourth-order valence-electron chi connectivity index (χ4n) is 1.50. The second-order valence-corrected chi connectivity index (χ2v) is 4.47. The number of hydrogen-bond acceptors (Lipinski definition) is 1. The van der Waals surface area contributed by atoms with Crippen LogP contribution in [-0.2, 0) is 11.2 Å². The van der Waals surface area contributed by atoms with Crippen molar-refractivity contribution in [3.05, 3.63) is 33.8 Å². The fraction of sp³-hybridized carbons (Fsp3) is 0.364. The van der Waals surface area contributed by atoms with E-state index in [2.05, 4.69) is 0 Å². The number of halogens is 2. The summed E-state index contributed by atoms with van der Waals surface area (Å²) in [6.45, 7) is 1.78. The molecule has 0 aromatic heterocycles. The van der Waals surface area contributed by atoms with E-state index in [-0.39, 0.29) is 5.91 Å². The molecule has 0 atom stereocenters. The largest absolute Gasteiger partial charge is 0.342 e. The van der Waals surface area contributed by atoms with Crippen molar-refractivity contribution >= 4 is 29.1 Å². The van der Waals surface area contributed by atoms with Crippen LogP contribution in [0.15, 0.2) is 18.2 Å². The first kappa shape index (κ1) is 10.8. The minimum Gasteiger partial charge on any atom is -0.342 e. The van der Waals surface area contributed by atoms with Gasteiger partial charge >= 0.3 is 0 Å². The van der Waals surface area contributed by atoms with Gasteiger partial charge in [0, 0.05) is 13.1 Å². The summed E-state index contributed by atoms with van der Waals surface area (Å²) in [5, 5.41) is 1.03. The molecular formula is C11H11Cl2NO. The van der Waals surface area contributed by atoms with Gasteiger partial charge in [0.2, 0.25) is 5.91 Å². The van der Waals surface area contributed by atoms with Crippen molar-refractivity contribution in [2.24, 2.45) is 0 Å². The summed E-state index contributed by atoms with van der Waals surface area (Å²) < 4.78 is 0. The van der Waals surface area contributed by atoms with Crippen LogP contribution in [0.1, 0.15) is 12.0 Å². The molecule has 0 saturated carbocycles. The van der Waals surface area contributed by atoms with Crippen LogP contribution in [0.2, 0.25) is 10.0 Å². The molecule has 1 saturated heterocycles. The molecule has 0 radical (unpaired) electrons. The highest BCUT2D eigenvalue weighted by Gasteiger charge is 2.20. The quantitative estimate of drug-likeness (QED) is 0.783. The first-order valence-corrected chi connectivity index (χ1v) is 5.64.